The Bertz CT molecular complexity index is 1050. The standard InChI is InChI=1S/C18H19N9/c1-19-18(21-12-17-25-24-15-9-5-6-10-26(15)17)20-11-16-23-22-13-27(16)14-7-3-2-4-8-14/h2-10,13H,11-12H2,1H3,(H2,19,20,21). The van der Waals surface area contributed by atoms with Gasteiger partial charge in [0.25, 0.3) is 0 Å². The second kappa shape index (κ2) is 7.65. The van der Waals surface area contributed by atoms with Crippen LogP contribution >= 0.6 is 0 Å². The molecule has 4 rings (SSSR count). The topological polar surface area (TPSA) is 97.3 Å². The molecule has 0 aliphatic carbocycles. The van der Waals surface area contributed by atoms with Crippen LogP contribution in [0.4, 0.5) is 0 Å². The molecule has 0 unspecified atom stereocenters. The van der Waals surface area contributed by atoms with Crippen molar-refractivity contribution in [1.29, 1.82) is 0 Å². The van der Waals surface area contributed by atoms with Crippen LogP contribution in [-0.2, 0) is 13.1 Å². The van der Waals surface area contributed by atoms with Gasteiger partial charge < -0.3 is 10.6 Å². The Morgan fingerprint density at radius 2 is 1.70 bits per heavy atom. The lowest BCUT2D eigenvalue weighted by atomic mass is 10.3. The number of nitrogens with one attached hydrogen (secondary N) is 2. The normalized spacial score (nSPS) is 11.7. The van der Waals surface area contributed by atoms with Crippen molar-refractivity contribution >= 4 is 11.6 Å². The molecule has 27 heavy (non-hydrogen) atoms. The lowest BCUT2D eigenvalue weighted by Gasteiger charge is -2.12. The molecule has 0 radical (unpaired) electrons. The third kappa shape index (κ3) is 3.61. The van der Waals surface area contributed by atoms with Crippen molar-refractivity contribution in [2.45, 2.75) is 13.1 Å². The second-order valence-electron chi connectivity index (χ2n) is 5.78. The molecule has 9 nitrogen and oxygen atoms in total. The third-order valence-electron chi connectivity index (χ3n) is 4.09. The van der Waals surface area contributed by atoms with Gasteiger partial charge in [0.15, 0.2) is 23.3 Å². The predicted octanol–water partition coefficient (Wildman–Crippen LogP) is 1.18. The highest BCUT2D eigenvalue weighted by Crippen LogP contribution is 2.08. The Labute approximate surface area is 155 Å². The molecule has 0 aliphatic rings. The van der Waals surface area contributed by atoms with E-state index in [1.54, 1.807) is 13.4 Å². The second-order valence-corrected chi connectivity index (χ2v) is 5.78. The summed E-state index contributed by atoms with van der Waals surface area (Å²) in [5.41, 5.74) is 1.82. The van der Waals surface area contributed by atoms with E-state index in [1.807, 2.05) is 63.7 Å². The summed E-state index contributed by atoms with van der Waals surface area (Å²) in [6, 6.07) is 15.8. The maximum Gasteiger partial charge on any atom is 0.191 e. The van der Waals surface area contributed by atoms with Crippen LogP contribution in [0.1, 0.15) is 11.6 Å². The van der Waals surface area contributed by atoms with E-state index in [9.17, 15) is 0 Å². The summed E-state index contributed by atoms with van der Waals surface area (Å²) in [7, 11) is 1.72. The molecule has 0 bridgehead atoms. The van der Waals surface area contributed by atoms with Crippen molar-refractivity contribution in [3.8, 4) is 5.69 Å². The van der Waals surface area contributed by atoms with Gasteiger partial charge in [0.2, 0.25) is 0 Å². The minimum absolute atomic E-state index is 0.481. The largest absolute Gasteiger partial charge is 0.349 e. The molecule has 1 aromatic carbocycles. The van der Waals surface area contributed by atoms with E-state index in [4.69, 9.17) is 0 Å². The summed E-state index contributed by atoms with van der Waals surface area (Å²) in [5.74, 6) is 2.24. The van der Waals surface area contributed by atoms with Crippen LogP contribution in [0.25, 0.3) is 11.3 Å². The summed E-state index contributed by atoms with van der Waals surface area (Å²) >= 11 is 0. The Morgan fingerprint density at radius 1 is 0.926 bits per heavy atom. The van der Waals surface area contributed by atoms with Gasteiger partial charge in [-0.1, -0.05) is 24.3 Å². The summed E-state index contributed by atoms with van der Waals surface area (Å²) in [5, 5.41) is 23.1. The molecular weight excluding hydrogens is 342 g/mol. The van der Waals surface area contributed by atoms with Crippen molar-refractivity contribution in [3.05, 3.63) is 72.7 Å². The number of para-hydroxylation sites is 1. The maximum absolute atomic E-state index is 4.25. The quantitative estimate of drug-likeness (QED) is 0.409. The lowest BCUT2D eigenvalue weighted by Crippen LogP contribution is -2.37. The van der Waals surface area contributed by atoms with Crippen molar-refractivity contribution in [2.75, 3.05) is 7.05 Å². The van der Waals surface area contributed by atoms with Gasteiger partial charge >= 0.3 is 0 Å². The zero-order valence-electron chi connectivity index (χ0n) is 14.8. The molecule has 0 spiro atoms. The van der Waals surface area contributed by atoms with Gasteiger partial charge in [0, 0.05) is 18.9 Å². The fourth-order valence-electron chi connectivity index (χ4n) is 2.74. The molecular formula is C18H19N9. The first-order valence-electron chi connectivity index (χ1n) is 8.52. The SMILES string of the molecule is CN=C(NCc1nncn1-c1ccccc1)NCc1nnc2ccccn12. The highest BCUT2D eigenvalue weighted by atomic mass is 15.3. The van der Waals surface area contributed by atoms with E-state index in [2.05, 4.69) is 36.0 Å². The van der Waals surface area contributed by atoms with Gasteiger partial charge in [0.1, 0.15) is 6.33 Å². The van der Waals surface area contributed by atoms with Gasteiger partial charge in [-0.2, -0.15) is 0 Å². The summed E-state index contributed by atoms with van der Waals surface area (Å²) in [4.78, 5) is 4.25. The number of aromatic nitrogens is 6. The molecule has 3 heterocycles. The van der Waals surface area contributed by atoms with Crippen LogP contribution in [-0.4, -0.2) is 42.4 Å². The first kappa shape index (κ1) is 16.7. The van der Waals surface area contributed by atoms with Gasteiger partial charge in [0.05, 0.1) is 13.1 Å². The smallest absolute Gasteiger partial charge is 0.191 e. The Kier molecular flexibility index (Phi) is 4.73. The number of hydrogen-bond donors (Lipinski definition) is 2. The highest BCUT2D eigenvalue weighted by molar-refractivity contribution is 5.79. The molecule has 3 aromatic heterocycles. The third-order valence-corrected chi connectivity index (χ3v) is 4.09. The van der Waals surface area contributed by atoms with E-state index in [-0.39, 0.29) is 0 Å². The number of guanidine groups is 1. The Balaban J connectivity index is 1.40. The number of benzene rings is 1. The van der Waals surface area contributed by atoms with Crippen LogP contribution in [0.15, 0.2) is 66.0 Å². The number of hydrogen-bond acceptors (Lipinski definition) is 5. The lowest BCUT2D eigenvalue weighted by molar-refractivity contribution is 0.734. The van der Waals surface area contributed by atoms with Crippen molar-refractivity contribution < 1.29 is 0 Å². The molecule has 0 aliphatic heterocycles. The summed E-state index contributed by atoms with van der Waals surface area (Å²) in [6.07, 6.45) is 3.63. The number of fused-ring (bicyclic) bond motifs is 1. The first-order valence-corrected chi connectivity index (χ1v) is 8.52. The van der Waals surface area contributed by atoms with Crippen LogP contribution in [0.3, 0.4) is 0 Å². The Morgan fingerprint density at radius 3 is 2.52 bits per heavy atom. The summed E-state index contributed by atoms with van der Waals surface area (Å²) in [6.45, 7) is 0.978. The van der Waals surface area contributed by atoms with Crippen LogP contribution in [0, 0.1) is 0 Å². The van der Waals surface area contributed by atoms with Gasteiger partial charge in [-0.3, -0.25) is 14.0 Å². The van der Waals surface area contributed by atoms with E-state index in [0.717, 1.165) is 23.0 Å². The predicted molar refractivity (Wildman–Crippen MR) is 101 cm³/mol. The fourth-order valence-corrected chi connectivity index (χ4v) is 2.74. The van der Waals surface area contributed by atoms with Gasteiger partial charge in [-0.05, 0) is 24.3 Å². The van der Waals surface area contributed by atoms with Crippen molar-refractivity contribution in [3.63, 3.8) is 0 Å². The number of rotatable bonds is 5. The number of nitrogens with zero attached hydrogens (tertiary/aromatic N) is 7. The van der Waals surface area contributed by atoms with E-state index >= 15 is 0 Å². The molecule has 2 N–H and O–H groups in total. The van der Waals surface area contributed by atoms with E-state index in [1.165, 1.54) is 0 Å². The van der Waals surface area contributed by atoms with Crippen molar-refractivity contribution in [1.82, 2.24) is 40.0 Å². The molecule has 0 atom stereocenters. The molecule has 4 aromatic rings. The number of aliphatic imine (C=N–C) groups is 1. The monoisotopic (exact) mass is 361 g/mol. The molecule has 0 saturated heterocycles. The minimum Gasteiger partial charge on any atom is -0.349 e. The zero-order chi connectivity index (χ0) is 18.5. The molecule has 9 heteroatoms. The first-order chi connectivity index (χ1) is 13.3. The average Bonchev–Trinajstić information content (AvgIpc) is 3.36. The Hall–Kier alpha value is -3.75. The average molecular weight is 361 g/mol. The fraction of sp³-hybridized carbons (Fsp3) is 0.167. The van der Waals surface area contributed by atoms with E-state index in [0.29, 0.717) is 19.0 Å². The molecule has 0 fully saturated rings. The van der Waals surface area contributed by atoms with Crippen LogP contribution in [0.5, 0.6) is 0 Å². The van der Waals surface area contributed by atoms with Gasteiger partial charge in [-0.15, -0.1) is 20.4 Å². The minimum atomic E-state index is 0.481. The molecule has 136 valence electrons. The molecule has 0 saturated carbocycles. The maximum atomic E-state index is 4.25. The van der Waals surface area contributed by atoms with Gasteiger partial charge in [-0.25, -0.2) is 0 Å². The highest BCUT2D eigenvalue weighted by Gasteiger charge is 2.09. The summed E-state index contributed by atoms with van der Waals surface area (Å²) < 4.78 is 3.87. The number of pyridine rings is 1. The molecule has 0 amide bonds. The van der Waals surface area contributed by atoms with Crippen molar-refractivity contribution in [2.24, 2.45) is 4.99 Å². The van der Waals surface area contributed by atoms with Crippen LogP contribution < -0.4 is 10.6 Å². The van der Waals surface area contributed by atoms with E-state index < -0.39 is 0 Å². The van der Waals surface area contributed by atoms with Crippen LogP contribution in [0.2, 0.25) is 0 Å². The zero-order valence-corrected chi connectivity index (χ0v) is 14.8.